The Labute approximate surface area is 191 Å². The van der Waals surface area contributed by atoms with Gasteiger partial charge < -0.3 is 14.2 Å². The maximum absolute atomic E-state index is 13.2. The van der Waals surface area contributed by atoms with Gasteiger partial charge in [-0.2, -0.15) is 0 Å². The standard InChI is InChI=1S/C26H23FN4O2/c1-18-4-2-3-5-23(18)25-29-28-24(33-25)19-6-8-20(9-7-19)26(32)31-16-14-30(15-17-31)22-12-10-21(27)11-13-22/h2-13H,14-17H2,1H3. The van der Waals surface area contributed by atoms with Crippen LogP contribution < -0.4 is 4.90 Å². The molecule has 1 fully saturated rings. The van der Waals surface area contributed by atoms with E-state index >= 15 is 0 Å². The summed E-state index contributed by atoms with van der Waals surface area (Å²) in [6.45, 7) is 4.64. The van der Waals surface area contributed by atoms with Gasteiger partial charge in [0.1, 0.15) is 5.82 Å². The Morgan fingerprint density at radius 2 is 1.52 bits per heavy atom. The van der Waals surface area contributed by atoms with Crippen LogP contribution in [0.4, 0.5) is 10.1 Å². The smallest absolute Gasteiger partial charge is 0.253 e. The molecule has 33 heavy (non-hydrogen) atoms. The number of aromatic nitrogens is 2. The number of hydrogen-bond acceptors (Lipinski definition) is 5. The monoisotopic (exact) mass is 442 g/mol. The molecule has 1 aliphatic rings. The Hall–Kier alpha value is -4.00. The highest BCUT2D eigenvalue weighted by Gasteiger charge is 2.22. The van der Waals surface area contributed by atoms with Crippen LogP contribution in [-0.4, -0.2) is 47.2 Å². The molecule has 5 rings (SSSR count). The number of halogens is 1. The quantitative estimate of drug-likeness (QED) is 0.454. The van der Waals surface area contributed by atoms with Crippen LogP contribution >= 0.6 is 0 Å². The first-order chi connectivity index (χ1) is 16.1. The molecule has 6 nitrogen and oxygen atoms in total. The molecule has 0 radical (unpaired) electrons. The van der Waals surface area contributed by atoms with Crippen molar-refractivity contribution in [2.24, 2.45) is 0 Å². The summed E-state index contributed by atoms with van der Waals surface area (Å²) in [6, 6.07) is 21.6. The van der Waals surface area contributed by atoms with Crippen LogP contribution in [0.5, 0.6) is 0 Å². The number of anilines is 1. The maximum atomic E-state index is 13.2. The minimum Gasteiger partial charge on any atom is -0.416 e. The van der Waals surface area contributed by atoms with Crippen molar-refractivity contribution in [3.05, 3.63) is 89.7 Å². The van der Waals surface area contributed by atoms with Crippen molar-refractivity contribution in [1.29, 1.82) is 0 Å². The summed E-state index contributed by atoms with van der Waals surface area (Å²) in [5.41, 5.74) is 4.32. The number of amides is 1. The Balaban J connectivity index is 1.24. The zero-order chi connectivity index (χ0) is 22.8. The Kier molecular flexibility index (Phi) is 5.60. The number of benzene rings is 3. The number of piperazine rings is 1. The molecule has 0 bridgehead atoms. The highest BCUT2D eigenvalue weighted by Crippen LogP contribution is 2.26. The van der Waals surface area contributed by atoms with E-state index in [4.69, 9.17) is 4.42 Å². The zero-order valence-electron chi connectivity index (χ0n) is 18.2. The van der Waals surface area contributed by atoms with Gasteiger partial charge in [-0.25, -0.2) is 4.39 Å². The number of rotatable bonds is 4. The van der Waals surface area contributed by atoms with E-state index in [1.165, 1.54) is 12.1 Å². The number of carbonyl (C=O) groups is 1. The summed E-state index contributed by atoms with van der Waals surface area (Å²) < 4.78 is 19.0. The predicted molar refractivity (Wildman–Crippen MR) is 124 cm³/mol. The van der Waals surface area contributed by atoms with E-state index in [0.29, 0.717) is 43.5 Å². The van der Waals surface area contributed by atoms with Gasteiger partial charge in [-0.1, -0.05) is 18.2 Å². The molecule has 1 amide bonds. The second-order valence-electron chi connectivity index (χ2n) is 8.06. The van der Waals surface area contributed by atoms with Gasteiger partial charge >= 0.3 is 0 Å². The number of hydrogen-bond donors (Lipinski definition) is 0. The first kappa shape index (κ1) is 20.9. The van der Waals surface area contributed by atoms with E-state index in [-0.39, 0.29) is 11.7 Å². The summed E-state index contributed by atoms with van der Waals surface area (Å²) in [7, 11) is 0. The molecule has 1 saturated heterocycles. The Bertz CT molecular complexity index is 1260. The highest BCUT2D eigenvalue weighted by atomic mass is 19.1. The van der Waals surface area contributed by atoms with E-state index < -0.39 is 0 Å². The predicted octanol–water partition coefficient (Wildman–Crippen LogP) is 4.81. The van der Waals surface area contributed by atoms with Crippen molar-refractivity contribution in [3.63, 3.8) is 0 Å². The lowest BCUT2D eigenvalue weighted by molar-refractivity contribution is 0.0747. The third kappa shape index (κ3) is 4.35. The minimum absolute atomic E-state index is 0.00793. The van der Waals surface area contributed by atoms with Gasteiger partial charge in [0.25, 0.3) is 5.91 Å². The normalized spacial score (nSPS) is 13.9. The molecule has 0 spiro atoms. The lowest BCUT2D eigenvalue weighted by Crippen LogP contribution is -2.48. The van der Waals surface area contributed by atoms with Crippen LogP contribution in [0.25, 0.3) is 22.9 Å². The van der Waals surface area contributed by atoms with Gasteiger partial charge in [-0.05, 0) is 67.1 Å². The fraction of sp³-hybridized carbons (Fsp3) is 0.192. The topological polar surface area (TPSA) is 62.5 Å². The fourth-order valence-electron chi connectivity index (χ4n) is 4.02. The van der Waals surface area contributed by atoms with E-state index in [1.807, 2.05) is 48.2 Å². The van der Waals surface area contributed by atoms with Crippen molar-refractivity contribution >= 4 is 11.6 Å². The molecule has 0 saturated carbocycles. The molecule has 166 valence electrons. The molecule has 0 N–H and O–H groups in total. The van der Waals surface area contributed by atoms with Gasteiger partial charge in [0.05, 0.1) is 0 Å². The van der Waals surface area contributed by atoms with Crippen LogP contribution in [0.3, 0.4) is 0 Å². The van der Waals surface area contributed by atoms with E-state index in [1.54, 1.807) is 24.3 Å². The summed E-state index contributed by atoms with van der Waals surface area (Å²) in [6.07, 6.45) is 0. The largest absolute Gasteiger partial charge is 0.416 e. The average molecular weight is 442 g/mol. The summed E-state index contributed by atoms with van der Waals surface area (Å²) in [5.74, 6) is 0.636. The number of aryl methyl sites for hydroxylation is 1. The second-order valence-corrected chi connectivity index (χ2v) is 8.06. The second kappa shape index (κ2) is 8.86. The van der Waals surface area contributed by atoms with Gasteiger partial charge in [0, 0.05) is 48.6 Å². The summed E-state index contributed by atoms with van der Waals surface area (Å²) >= 11 is 0. The molecular weight excluding hydrogens is 419 g/mol. The van der Waals surface area contributed by atoms with Gasteiger partial charge in [0.2, 0.25) is 11.8 Å². The minimum atomic E-state index is -0.247. The van der Waals surface area contributed by atoms with Gasteiger partial charge in [-0.15, -0.1) is 10.2 Å². The molecule has 3 aromatic carbocycles. The lowest BCUT2D eigenvalue weighted by Gasteiger charge is -2.36. The van der Waals surface area contributed by atoms with E-state index in [2.05, 4.69) is 15.1 Å². The molecular formula is C26H23FN4O2. The molecule has 1 aliphatic heterocycles. The summed E-state index contributed by atoms with van der Waals surface area (Å²) in [5, 5.41) is 8.34. The molecule has 1 aromatic heterocycles. The van der Waals surface area contributed by atoms with Crippen LogP contribution in [-0.2, 0) is 0 Å². The van der Waals surface area contributed by atoms with Crippen molar-refractivity contribution < 1.29 is 13.6 Å². The number of nitrogens with zero attached hydrogens (tertiary/aromatic N) is 4. The summed E-state index contributed by atoms with van der Waals surface area (Å²) in [4.78, 5) is 17.0. The number of carbonyl (C=O) groups excluding carboxylic acids is 1. The van der Waals surface area contributed by atoms with E-state index in [9.17, 15) is 9.18 Å². The lowest BCUT2D eigenvalue weighted by atomic mass is 10.1. The van der Waals surface area contributed by atoms with Gasteiger partial charge in [0.15, 0.2) is 0 Å². The SMILES string of the molecule is Cc1ccccc1-c1nnc(-c2ccc(C(=O)N3CCN(c4ccc(F)cc4)CC3)cc2)o1. The molecule has 0 atom stereocenters. The van der Waals surface area contributed by atoms with Crippen molar-refractivity contribution in [1.82, 2.24) is 15.1 Å². The Morgan fingerprint density at radius 1 is 0.848 bits per heavy atom. The van der Waals surface area contributed by atoms with Crippen molar-refractivity contribution in [2.45, 2.75) is 6.92 Å². The molecule has 2 heterocycles. The Morgan fingerprint density at radius 3 is 2.21 bits per heavy atom. The maximum Gasteiger partial charge on any atom is 0.253 e. The third-order valence-electron chi connectivity index (χ3n) is 5.94. The third-order valence-corrected chi connectivity index (χ3v) is 5.94. The van der Waals surface area contributed by atoms with E-state index in [0.717, 1.165) is 22.4 Å². The van der Waals surface area contributed by atoms with Crippen molar-refractivity contribution in [2.75, 3.05) is 31.1 Å². The average Bonchev–Trinajstić information content (AvgIpc) is 3.35. The highest BCUT2D eigenvalue weighted by molar-refractivity contribution is 5.94. The molecule has 7 heteroatoms. The van der Waals surface area contributed by atoms with Crippen LogP contribution in [0.2, 0.25) is 0 Å². The first-order valence-corrected chi connectivity index (χ1v) is 10.9. The molecule has 4 aromatic rings. The van der Waals surface area contributed by atoms with Gasteiger partial charge in [-0.3, -0.25) is 4.79 Å². The first-order valence-electron chi connectivity index (χ1n) is 10.9. The molecule has 0 aliphatic carbocycles. The van der Waals surface area contributed by atoms with Crippen LogP contribution in [0.15, 0.2) is 77.2 Å². The van der Waals surface area contributed by atoms with Crippen LogP contribution in [0, 0.1) is 12.7 Å². The zero-order valence-corrected chi connectivity index (χ0v) is 18.2. The van der Waals surface area contributed by atoms with Crippen LogP contribution in [0.1, 0.15) is 15.9 Å². The van der Waals surface area contributed by atoms with Crippen molar-refractivity contribution in [3.8, 4) is 22.9 Å². The fourth-order valence-corrected chi connectivity index (χ4v) is 4.02. The molecule has 0 unspecified atom stereocenters.